The lowest BCUT2D eigenvalue weighted by atomic mass is 10.1. The minimum absolute atomic E-state index is 0.0797. The van der Waals surface area contributed by atoms with E-state index in [1.165, 1.54) is 31.3 Å². The van der Waals surface area contributed by atoms with E-state index in [1.54, 1.807) is 6.92 Å². The van der Waals surface area contributed by atoms with Gasteiger partial charge in [-0.3, -0.25) is 4.79 Å². The van der Waals surface area contributed by atoms with Gasteiger partial charge in [0.1, 0.15) is 6.54 Å². The van der Waals surface area contributed by atoms with Crippen molar-refractivity contribution in [2.45, 2.75) is 12.7 Å². The second kappa shape index (κ2) is 7.19. The number of nitrogens with zero attached hydrogens (tertiary/aromatic N) is 1. The number of hydrogen-bond donors (Lipinski definition) is 1. The number of esters is 1. The molecule has 1 rings (SSSR count). The first-order valence-corrected chi connectivity index (χ1v) is 7.79. The van der Waals surface area contributed by atoms with Crippen LogP contribution in [0.15, 0.2) is 24.3 Å². The average molecular weight is 315 g/mol. The number of sulfonamides is 1. The fourth-order valence-electron chi connectivity index (χ4n) is 1.55. The highest BCUT2D eigenvalue weighted by Crippen LogP contribution is 2.11. The first kappa shape index (κ1) is 17.1. The van der Waals surface area contributed by atoms with Gasteiger partial charge in [0, 0.05) is 7.05 Å². The monoisotopic (exact) mass is 315 g/mol. The standard InChI is InChI=1S/C13H17NO6S/c1-3-20-12(15)8-14(2)21(18,19)9-10-4-6-11(7-5-10)13(16)17/h4-7H,3,8-9H2,1-2H3,(H,16,17). The molecule has 8 heteroatoms. The molecule has 0 aliphatic heterocycles. The summed E-state index contributed by atoms with van der Waals surface area (Å²) in [6, 6.07) is 5.52. The Labute approximate surface area is 123 Å². The summed E-state index contributed by atoms with van der Waals surface area (Å²) in [5, 5.41) is 8.77. The van der Waals surface area contributed by atoms with E-state index < -0.39 is 22.0 Å². The van der Waals surface area contributed by atoms with E-state index in [0.29, 0.717) is 5.56 Å². The molecule has 0 heterocycles. The van der Waals surface area contributed by atoms with Gasteiger partial charge in [0.05, 0.1) is 17.9 Å². The third-order valence-electron chi connectivity index (χ3n) is 2.68. The van der Waals surface area contributed by atoms with E-state index in [0.717, 1.165) is 4.31 Å². The minimum atomic E-state index is -3.67. The summed E-state index contributed by atoms with van der Waals surface area (Å²) in [6.07, 6.45) is 0. The summed E-state index contributed by atoms with van der Waals surface area (Å²) >= 11 is 0. The molecule has 0 aliphatic carbocycles. The zero-order chi connectivity index (χ0) is 16.0. The van der Waals surface area contributed by atoms with Crippen LogP contribution in [0.25, 0.3) is 0 Å². The Morgan fingerprint density at radius 1 is 1.24 bits per heavy atom. The Kier molecular flexibility index (Phi) is 5.86. The number of carboxylic acids is 1. The second-order valence-corrected chi connectivity index (χ2v) is 6.40. The lowest BCUT2D eigenvalue weighted by Crippen LogP contribution is -2.33. The Hall–Kier alpha value is -1.93. The summed E-state index contributed by atoms with van der Waals surface area (Å²) in [5.41, 5.74) is 0.520. The first-order chi connectivity index (χ1) is 9.76. The number of likely N-dealkylation sites (N-methyl/N-ethyl adjacent to an activating group) is 1. The molecule has 7 nitrogen and oxygen atoms in total. The van der Waals surface area contributed by atoms with Crippen LogP contribution in [0.5, 0.6) is 0 Å². The Bertz CT molecular complexity index is 608. The molecule has 0 atom stereocenters. The lowest BCUT2D eigenvalue weighted by molar-refractivity contribution is -0.143. The number of carboxylic acid groups (broad SMARTS) is 1. The maximum atomic E-state index is 12.1. The van der Waals surface area contributed by atoms with Gasteiger partial charge in [-0.05, 0) is 24.6 Å². The highest BCUT2D eigenvalue weighted by Gasteiger charge is 2.21. The molecular formula is C13H17NO6S. The number of carbonyl (C=O) groups excluding carboxylic acids is 1. The lowest BCUT2D eigenvalue weighted by Gasteiger charge is -2.16. The Morgan fingerprint density at radius 3 is 2.29 bits per heavy atom. The Morgan fingerprint density at radius 2 is 1.81 bits per heavy atom. The molecule has 0 aliphatic rings. The summed E-state index contributed by atoms with van der Waals surface area (Å²) < 4.78 is 29.7. The van der Waals surface area contributed by atoms with Crippen LogP contribution in [0, 0.1) is 0 Å². The van der Waals surface area contributed by atoms with Crippen molar-refractivity contribution in [3.8, 4) is 0 Å². The summed E-state index contributed by atoms with van der Waals surface area (Å²) in [5.74, 6) is -2.02. The summed E-state index contributed by atoms with van der Waals surface area (Å²) in [4.78, 5) is 22.0. The van der Waals surface area contributed by atoms with Gasteiger partial charge < -0.3 is 9.84 Å². The van der Waals surface area contributed by atoms with E-state index >= 15 is 0 Å². The molecule has 21 heavy (non-hydrogen) atoms. The van der Waals surface area contributed by atoms with Crippen molar-refractivity contribution in [1.29, 1.82) is 0 Å². The molecule has 116 valence electrons. The van der Waals surface area contributed by atoms with Gasteiger partial charge in [-0.2, -0.15) is 4.31 Å². The molecule has 0 radical (unpaired) electrons. The van der Waals surface area contributed by atoms with E-state index in [-0.39, 0.29) is 24.5 Å². The molecule has 0 unspecified atom stereocenters. The van der Waals surface area contributed by atoms with Gasteiger partial charge >= 0.3 is 11.9 Å². The summed E-state index contributed by atoms with van der Waals surface area (Å²) in [7, 11) is -2.39. The van der Waals surface area contributed by atoms with Gasteiger partial charge in [0.25, 0.3) is 0 Å². The van der Waals surface area contributed by atoms with Crippen LogP contribution in [-0.2, 0) is 25.3 Å². The molecule has 0 saturated heterocycles. The number of rotatable bonds is 7. The zero-order valence-electron chi connectivity index (χ0n) is 11.8. The molecule has 0 amide bonds. The average Bonchev–Trinajstić information content (AvgIpc) is 2.39. The molecule has 0 spiro atoms. The van der Waals surface area contributed by atoms with Crippen LogP contribution in [0.4, 0.5) is 0 Å². The van der Waals surface area contributed by atoms with E-state index in [2.05, 4.69) is 4.74 Å². The van der Waals surface area contributed by atoms with Crippen LogP contribution in [0.2, 0.25) is 0 Å². The third-order valence-corrected chi connectivity index (χ3v) is 4.46. The van der Waals surface area contributed by atoms with Crippen LogP contribution >= 0.6 is 0 Å². The second-order valence-electron chi connectivity index (χ2n) is 4.32. The molecule has 1 N–H and O–H groups in total. The molecule has 1 aromatic carbocycles. The fraction of sp³-hybridized carbons (Fsp3) is 0.385. The number of carbonyl (C=O) groups is 2. The number of aromatic carboxylic acids is 1. The zero-order valence-corrected chi connectivity index (χ0v) is 12.6. The molecule has 0 fully saturated rings. The fourth-order valence-corrected chi connectivity index (χ4v) is 2.69. The van der Waals surface area contributed by atoms with Gasteiger partial charge in [-0.1, -0.05) is 12.1 Å². The van der Waals surface area contributed by atoms with E-state index in [1.807, 2.05) is 0 Å². The van der Waals surface area contributed by atoms with Crippen molar-refractivity contribution in [3.05, 3.63) is 35.4 Å². The van der Waals surface area contributed by atoms with Crippen LogP contribution in [-0.4, -0.2) is 50.0 Å². The van der Waals surface area contributed by atoms with Crippen molar-refractivity contribution in [3.63, 3.8) is 0 Å². The highest BCUT2D eigenvalue weighted by molar-refractivity contribution is 7.88. The maximum absolute atomic E-state index is 12.1. The Balaban J connectivity index is 2.75. The van der Waals surface area contributed by atoms with Crippen LogP contribution in [0.1, 0.15) is 22.8 Å². The van der Waals surface area contributed by atoms with Crippen molar-refractivity contribution < 1.29 is 27.9 Å². The molecule has 0 saturated carbocycles. The number of benzene rings is 1. The van der Waals surface area contributed by atoms with Crippen molar-refractivity contribution in [2.75, 3.05) is 20.2 Å². The SMILES string of the molecule is CCOC(=O)CN(C)S(=O)(=O)Cc1ccc(C(=O)O)cc1. The smallest absolute Gasteiger partial charge is 0.335 e. The predicted molar refractivity (Wildman–Crippen MR) is 75.3 cm³/mol. The van der Waals surface area contributed by atoms with Crippen molar-refractivity contribution in [1.82, 2.24) is 4.31 Å². The molecular weight excluding hydrogens is 298 g/mol. The maximum Gasteiger partial charge on any atom is 0.335 e. The van der Waals surface area contributed by atoms with Crippen LogP contribution in [0.3, 0.4) is 0 Å². The van der Waals surface area contributed by atoms with Gasteiger partial charge in [-0.15, -0.1) is 0 Å². The molecule has 0 aromatic heterocycles. The van der Waals surface area contributed by atoms with E-state index in [4.69, 9.17) is 5.11 Å². The normalized spacial score (nSPS) is 11.4. The highest BCUT2D eigenvalue weighted by atomic mass is 32.2. The van der Waals surface area contributed by atoms with Crippen LogP contribution < -0.4 is 0 Å². The van der Waals surface area contributed by atoms with Gasteiger partial charge in [0.15, 0.2) is 0 Å². The molecule has 1 aromatic rings. The van der Waals surface area contributed by atoms with Gasteiger partial charge in [-0.25, -0.2) is 13.2 Å². The predicted octanol–water partition coefficient (Wildman–Crippen LogP) is 0.710. The third kappa shape index (κ3) is 5.16. The minimum Gasteiger partial charge on any atom is -0.478 e. The molecule has 0 bridgehead atoms. The number of hydrogen-bond acceptors (Lipinski definition) is 5. The van der Waals surface area contributed by atoms with Gasteiger partial charge in [0.2, 0.25) is 10.0 Å². The van der Waals surface area contributed by atoms with E-state index in [9.17, 15) is 18.0 Å². The largest absolute Gasteiger partial charge is 0.478 e. The summed E-state index contributed by atoms with van der Waals surface area (Å²) in [6.45, 7) is 1.46. The van der Waals surface area contributed by atoms with Crippen molar-refractivity contribution >= 4 is 22.0 Å². The number of ether oxygens (including phenoxy) is 1. The topological polar surface area (TPSA) is 101 Å². The first-order valence-electron chi connectivity index (χ1n) is 6.18. The van der Waals surface area contributed by atoms with Crippen molar-refractivity contribution in [2.24, 2.45) is 0 Å². The quantitative estimate of drug-likeness (QED) is 0.744.